The van der Waals surface area contributed by atoms with Crippen LogP contribution in [0.4, 0.5) is 0 Å². The second kappa shape index (κ2) is 3.78. The lowest BCUT2D eigenvalue weighted by Gasteiger charge is -2.30. The molecule has 2 aliphatic rings. The van der Waals surface area contributed by atoms with Gasteiger partial charge in [0.15, 0.2) is 0 Å². The monoisotopic (exact) mass is 211 g/mol. The lowest BCUT2D eigenvalue weighted by molar-refractivity contribution is -0.148. The number of carbonyl (C=O) groups excluding carboxylic acids is 1. The van der Waals surface area contributed by atoms with Gasteiger partial charge in [0.05, 0.1) is 12.5 Å². The molecule has 2 fully saturated rings. The van der Waals surface area contributed by atoms with Gasteiger partial charge in [0, 0.05) is 11.6 Å². The molecular formula is C12H21NO2. The van der Waals surface area contributed by atoms with Gasteiger partial charge in [0.25, 0.3) is 0 Å². The topological polar surface area (TPSA) is 29.5 Å². The van der Waals surface area contributed by atoms with Crippen LogP contribution in [0.1, 0.15) is 40.0 Å². The Bertz CT molecular complexity index is 262. The summed E-state index contributed by atoms with van der Waals surface area (Å²) in [6, 6.07) is 0.444. The molecule has 0 radical (unpaired) electrons. The Labute approximate surface area is 91.8 Å². The fourth-order valence-electron chi connectivity index (χ4n) is 3.24. The Hall–Kier alpha value is -0.570. The second-order valence-electron chi connectivity index (χ2n) is 5.28. The van der Waals surface area contributed by atoms with Gasteiger partial charge in [-0.25, -0.2) is 0 Å². The summed E-state index contributed by atoms with van der Waals surface area (Å²) < 4.78 is 5.16. The van der Waals surface area contributed by atoms with Crippen molar-refractivity contribution in [1.82, 2.24) is 4.90 Å². The summed E-state index contributed by atoms with van der Waals surface area (Å²) in [5.41, 5.74) is 0.179. The summed E-state index contributed by atoms with van der Waals surface area (Å²) in [7, 11) is 0. The number of nitrogens with zero attached hydrogens (tertiary/aromatic N) is 1. The number of fused-ring (bicyclic) bond motifs is 1. The van der Waals surface area contributed by atoms with Crippen molar-refractivity contribution >= 4 is 5.97 Å². The zero-order valence-electron chi connectivity index (χ0n) is 9.95. The van der Waals surface area contributed by atoms with E-state index in [1.807, 2.05) is 6.92 Å². The predicted molar refractivity (Wildman–Crippen MR) is 58.5 cm³/mol. The van der Waals surface area contributed by atoms with E-state index in [2.05, 4.69) is 18.7 Å². The van der Waals surface area contributed by atoms with Crippen LogP contribution >= 0.6 is 0 Å². The highest BCUT2D eigenvalue weighted by molar-refractivity contribution is 5.74. The standard InChI is InChI=1S/C12H21NO2/c1-4-15-11(14)9-8-12(2,3)13-7-5-6-10(9)13/h9-10H,4-8H2,1-3H3/t9-,10+/m1/s1. The number of hydrogen-bond donors (Lipinski definition) is 0. The van der Waals surface area contributed by atoms with E-state index in [0.29, 0.717) is 12.6 Å². The summed E-state index contributed by atoms with van der Waals surface area (Å²) >= 11 is 0. The molecule has 0 aromatic rings. The number of esters is 1. The molecule has 0 aromatic heterocycles. The highest BCUT2D eigenvalue weighted by Gasteiger charge is 2.51. The molecule has 3 heteroatoms. The summed E-state index contributed by atoms with van der Waals surface area (Å²) in [6.07, 6.45) is 3.34. The molecule has 86 valence electrons. The van der Waals surface area contributed by atoms with Crippen molar-refractivity contribution in [1.29, 1.82) is 0 Å². The normalized spacial score (nSPS) is 34.1. The van der Waals surface area contributed by atoms with E-state index >= 15 is 0 Å². The molecule has 0 aromatic carbocycles. The van der Waals surface area contributed by atoms with Crippen molar-refractivity contribution in [2.45, 2.75) is 51.6 Å². The Morgan fingerprint density at radius 3 is 2.93 bits per heavy atom. The van der Waals surface area contributed by atoms with Gasteiger partial charge >= 0.3 is 5.97 Å². The maximum absolute atomic E-state index is 11.8. The number of carbonyl (C=O) groups is 1. The smallest absolute Gasteiger partial charge is 0.310 e. The minimum Gasteiger partial charge on any atom is -0.466 e. The maximum atomic E-state index is 11.8. The van der Waals surface area contributed by atoms with Gasteiger partial charge in [0.1, 0.15) is 0 Å². The summed E-state index contributed by atoms with van der Waals surface area (Å²) in [4.78, 5) is 14.3. The van der Waals surface area contributed by atoms with Gasteiger partial charge in [-0.1, -0.05) is 0 Å². The molecule has 2 saturated heterocycles. The molecule has 0 bridgehead atoms. The van der Waals surface area contributed by atoms with Gasteiger partial charge in [-0.05, 0) is 46.6 Å². The molecule has 2 heterocycles. The molecule has 2 atom stereocenters. The molecule has 0 aliphatic carbocycles. The Morgan fingerprint density at radius 1 is 1.53 bits per heavy atom. The first-order valence-electron chi connectivity index (χ1n) is 5.99. The van der Waals surface area contributed by atoms with E-state index in [1.54, 1.807) is 0 Å². The quantitative estimate of drug-likeness (QED) is 0.652. The molecular weight excluding hydrogens is 190 g/mol. The number of hydrogen-bond acceptors (Lipinski definition) is 3. The second-order valence-corrected chi connectivity index (χ2v) is 5.28. The first-order valence-corrected chi connectivity index (χ1v) is 5.99. The Morgan fingerprint density at radius 2 is 2.27 bits per heavy atom. The molecule has 0 N–H and O–H groups in total. The molecule has 0 saturated carbocycles. The lowest BCUT2D eigenvalue weighted by atomic mass is 9.92. The third-order valence-corrected chi connectivity index (χ3v) is 3.85. The fraction of sp³-hybridized carbons (Fsp3) is 0.917. The largest absolute Gasteiger partial charge is 0.466 e. The van der Waals surface area contributed by atoms with Crippen molar-refractivity contribution in [2.75, 3.05) is 13.2 Å². The van der Waals surface area contributed by atoms with E-state index in [0.717, 1.165) is 19.4 Å². The minimum atomic E-state index is 0.0139. The molecule has 15 heavy (non-hydrogen) atoms. The van der Waals surface area contributed by atoms with Gasteiger partial charge in [-0.3, -0.25) is 9.69 Å². The Balaban J connectivity index is 2.11. The van der Waals surface area contributed by atoms with E-state index in [-0.39, 0.29) is 17.4 Å². The first-order chi connectivity index (χ1) is 7.06. The van der Waals surface area contributed by atoms with Crippen molar-refractivity contribution in [3.05, 3.63) is 0 Å². The highest BCUT2D eigenvalue weighted by atomic mass is 16.5. The molecule has 0 unspecified atom stereocenters. The van der Waals surface area contributed by atoms with Crippen molar-refractivity contribution in [2.24, 2.45) is 5.92 Å². The third kappa shape index (κ3) is 1.78. The maximum Gasteiger partial charge on any atom is 0.310 e. The van der Waals surface area contributed by atoms with E-state index in [1.165, 1.54) is 6.42 Å². The number of rotatable bonds is 2. The lowest BCUT2D eigenvalue weighted by Crippen LogP contribution is -2.39. The van der Waals surface area contributed by atoms with Gasteiger partial charge in [-0.2, -0.15) is 0 Å². The van der Waals surface area contributed by atoms with E-state index in [9.17, 15) is 4.79 Å². The number of ether oxygens (including phenoxy) is 1. The molecule has 0 amide bonds. The van der Waals surface area contributed by atoms with Crippen molar-refractivity contribution in [3.63, 3.8) is 0 Å². The molecule has 2 aliphatic heterocycles. The van der Waals surface area contributed by atoms with Crippen LogP contribution in [0.2, 0.25) is 0 Å². The van der Waals surface area contributed by atoms with Gasteiger partial charge < -0.3 is 4.74 Å². The van der Waals surface area contributed by atoms with Crippen LogP contribution in [0.3, 0.4) is 0 Å². The van der Waals surface area contributed by atoms with Gasteiger partial charge in [-0.15, -0.1) is 0 Å². The molecule has 3 nitrogen and oxygen atoms in total. The highest BCUT2D eigenvalue weighted by Crippen LogP contribution is 2.43. The van der Waals surface area contributed by atoms with Crippen LogP contribution in [-0.4, -0.2) is 35.6 Å². The predicted octanol–water partition coefficient (Wildman–Crippen LogP) is 1.81. The van der Waals surface area contributed by atoms with Crippen molar-refractivity contribution in [3.8, 4) is 0 Å². The summed E-state index contributed by atoms with van der Waals surface area (Å²) in [6.45, 7) is 8.01. The van der Waals surface area contributed by atoms with E-state index < -0.39 is 0 Å². The summed E-state index contributed by atoms with van der Waals surface area (Å²) in [5, 5.41) is 0. The molecule has 2 rings (SSSR count). The van der Waals surface area contributed by atoms with Crippen molar-refractivity contribution < 1.29 is 9.53 Å². The third-order valence-electron chi connectivity index (χ3n) is 3.85. The fourth-order valence-corrected chi connectivity index (χ4v) is 3.24. The van der Waals surface area contributed by atoms with Crippen LogP contribution in [0.5, 0.6) is 0 Å². The first kappa shape index (κ1) is 10.9. The zero-order chi connectivity index (χ0) is 11.1. The van der Waals surface area contributed by atoms with Crippen LogP contribution in [-0.2, 0) is 9.53 Å². The average Bonchev–Trinajstić information content (AvgIpc) is 2.70. The average molecular weight is 211 g/mol. The SMILES string of the molecule is CCOC(=O)[C@@H]1CC(C)(C)N2CCC[C@@H]12. The van der Waals surface area contributed by atoms with Crippen LogP contribution < -0.4 is 0 Å². The van der Waals surface area contributed by atoms with Crippen LogP contribution in [0.15, 0.2) is 0 Å². The van der Waals surface area contributed by atoms with Crippen LogP contribution in [0.25, 0.3) is 0 Å². The van der Waals surface area contributed by atoms with E-state index in [4.69, 9.17) is 4.74 Å². The van der Waals surface area contributed by atoms with Crippen LogP contribution in [0, 0.1) is 5.92 Å². The zero-order valence-corrected chi connectivity index (χ0v) is 9.95. The minimum absolute atomic E-state index is 0.0139. The Kier molecular flexibility index (Phi) is 2.75. The molecule has 0 spiro atoms. The van der Waals surface area contributed by atoms with Gasteiger partial charge in [0.2, 0.25) is 0 Å². The summed E-state index contributed by atoms with van der Waals surface area (Å²) in [5.74, 6) is 0.127.